The van der Waals surface area contributed by atoms with Crippen LogP contribution in [0.15, 0.2) is 76.3 Å². The first kappa shape index (κ1) is 23.6. The minimum Gasteiger partial charge on any atom is -0.493 e. The van der Waals surface area contributed by atoms with Gasteiger partial charge >= 0.3 is 5.97 Å². The Bertz CT molecular complexity index is 1190. The zero-order valence-corrected chi connectivity index (χ0v) is 18.9. The van der Waals surface area contributed by atoms with Crippen LogP contribution < -0.4 is 14.9 Å². The molecule has 0 atom stereocenters. The number of esters is 1. The van der Waals surface area contributed by atoms with E-state index in [1.165, 1.54) is 43.7 Å². The number of carbonyl (C=O) groups excluding carboxylic acids is 2. The maximum absolute atomic E-state index is 12.3. The number of hydrazone groups is 1. The average molecular weight is 512 g/mol. The van der Waals surface area contributed by atoms with E-state index < -0.39 is 10.9 Å². The fraction of sp³-hybridized carbons (Fsp3) is 0.0870. The minimum atomic E-state index is -0.690. The molecule has 10 heteroatoms. The van der Waals surface area contributed by atoms with Crippen LogP contribution in [0.2, 0.25) is 0 Å². The third-order valence-electron chi connectivity index (χ3n) is 4.38. The zero-order chi connectivity index (χ0) is 23.8. The second-order valence-electron chi connectivity index (χ2n) is 6.70. The van der Waals surface area contributed by atoms with Crippen LogP contribution in [0.3, 0.4) is 0 Å². The summed E-state index contributed by atoms with van der Waals surface area (Å²) in [4.78, 5) is 34.5. The first-order chi connectivity index (χ1) is 15.9. The smallest absolute Gasteiger partial charge is 0.343 e. The lowest BCUT2D eigenvalue weighted by Gasteiger charge is -2.10. The van der Waals surface area contributed by atoms with Gasteiger partial charge in [0.1, 0.15) is 0 Å². The van der Waals surface area contributed by atoms with Gasteiger partial charge < -0.3 is 9.47 Å². The molecule has 0 bridgehead atoms. The van der Waals surface area contributed by atoms with Gasteiger partial charge in [-0.05, 0) is 53.6 Å². The molecule has 0 fully saturated rings. The predicted octanol–water partition coefficient (Wildman–Crippen LogP) is 4.28. The second kappa shape index (κ2) is 11.0. The van der Waals surface area contributed by atoms with E-state index in [1.54, 1.807) is 12.1 Å². The molecule has 0 saturated carbocycles. The van der Waals surface area contributed by atoms with E-state index in [2.05, 4.69) is 26.5 Å². The maximum atomic E-state index is 12.3. The van der Waals surface area contributed by atoms with Gasteiger partial charge in [-0.2, -0.15) is 5.10 Å². The molecule has 1 N–H and O–H groups in total. The summed E-state index contributed by atoms with van der Waals surface area (Å²) in [6, 6.07) is 17.2. The van der Waals surface area contributed by atoms with Gasteiger partial charge in [0, 0.05) is 16.6 Å². The number of ether oxygens (including phenoxy) is 2. The fourth-order valence-electron chi connectivity index (χ4n) is 2.73. The summed E-state index contributed by atoms with van der Waals surface area (Å²) in [6.45, 7) is 0. The molecule has 0 aromatic heterocycles. The summed E-state index contributed by atoms with van der Waals surface area (Å²) in [5.74, 6) is -0.522. The van der Waals surface area contributed by atoms with Gasteiger partial charge in [-0.1, -0.05) is 28.1 Å². The first-order valence-corrected chi connectivity index (χ1v) is 10.4. The third kappa shape index (κ3) is 6.71. The Labute approximate surface area is 197 Å². The Kier molecular flexibility index (Phi) is 7.87. The summed E-state index contributed by atoms with van der Waals surface area (Å²) >= 11 is 3.34. The highest BCUT2D eigenvalue weighted by Crippen LogP contribution is 2.28. The van der Waals surface area contributed by atoms with Gasteiger partial charge in [-0.3, -0.25) is 14.9 Å². The van der Waals surface area contributed by atoms with Crippen LogP contribution in [-0.2, 0) is 11.2 Å². The van der Waals surface area contributed by atoms with E-state index in [1.807, 2.05) is 24.3 Å². The van der Waals surface area contributed by atoms with Crippen molar-refractivity contribution in [1.82, 2.24) is 5.43 Å². The summed E-state index contributed by atoms with van der Waals surface area (Å²) in [6.07, 6.45) is 1.62. The first-order valence-electron chi connectivity index (χ1n) is 9.56. The van der Waals surface area contributed by atoms with Crippen molar-refractivity contribution in [2.24, 2.45) is 5.10 Å². The average Bonchev–Trinajstić information content (AvgIpc) is 2.81. The molecule has 33 heavy (non-hydrogen) atoms. The molecule has 0 aliphatic carbocycles. The lowest BCUT2D eigenvalue weighted by atomic mass is 10.1. The molecule has 1 amide bonds. The molecule has 168 valence electrons. The van der Waals surface area contributed by atoms with E-state index in [0.29, 0.717) is 5.56 Å². The van der Waals surface area contributed by atoms with E-state index in [9.17, 15) is 19.7 Å². The SMILES string of the molecule is COc1cc(/C=N/NC(=O)Cc2ccc(Br)cc2)ccc1OC(=O)c1ccc([N+](=O)[O-])cc1. The van der Waals surface area contributed by atoms with Crippen molar-refractivity contribution in [1.29, 1.82) is 0 Å². The normalized spacial score (nSPS) is 10.6. The Hall–Kier alpha value is -4.05. The lowest BCUT2D eigenvalue weighted by molar-refractivity contribution is -0.384. The second-order valence-corrected chi connectivity index (χ2v) is 7.62. The standard InChI is InChI=1S/C23H18BrN3O6/c1-32-21-12-16(14-25-26-22(28)13-15-2-7-18(24)8-3-15)4-11-20(21)33-23(29)17-5-9-19(10-6-17)27(30)31/h2-12,14H,13H2,1H3,(H,26,28)/b25-14+. The maximum Gasteiger partial charge on any atom is 0.343 e. The number of nitro benzene ring substituents is 1. The van der Waals surface area contributed by atoms with Crippen molar-refractivity contribution in [2.45, 2.75) is 6.42 Å². The summed E-state index contributed by atoms with van der Waals surface area (Å²) < 4.78 is 11.5. The molecule has 0 heterocycles. The van der Waals surface area contributed by atoms with Gasteiger partial charge in [0.05, 0.1) is 30.2 Å². The molecule has 0 aliphatic rings. The summed E-state index contributed by atoms with van der Waals surface area (Å²) in [7, 11) is 1.42. The van der Waals surface area contributed by atoms with Crippen molar-refractivity contribution in [3.05, 3.63) is 98.0 Å². The molecule has 3 aromatic rings. The Morgan fingerprint density at radius 1 is 1.06 bits per heavy atom. The van der Waals surface area contributed by atoms with Gasteiger partial charge in [0.25, 0.3) is 5.69 Å². The molecule has 9 nitrogen and oxygen atoms in total. The number of amides is 1. The third-order valence-corrected chi connectivity index (χ3v) is 4.91. The molecule has 3 rings (SSSR count). The Morgan fingerprint density at radius 2 is 1.76 bits per heavy atom. The van der Waals surface area contributed by atoms with Crippen LogP contribution in [0, 0.1) is 10.1 Å². The van der Waals surface area contributed by atoms with Crippen molar-refractivity contribution in [3.63, 3.8) is 0 Å². The number of nitro groups is 1. The van der Waals surface area contributed by atoms with E-state index in [-0.39, 0.29) is 35.1 Å². The lowest BCUT2D eigenvalue weighted by Crippen LogP contribution is -2.19. The van der Waals surface area contributed by atoms with Gasteiger partial charge in [-0.25, -0.2) is 10.2 Å². The number of benzene rings is 3. The van der Waals surface area contributed by atoms with Crippen LogP contribution >= 0.6 is 15.9 Å². The largest absolute Gasteiger partial charge is 0.493 e. The molecule has 0 aliphatic heterocycles. The fourth-order valence-corrected chi connectivity index (χ4v) is 3.00. The molecule has 0 radical (unpaired) electrons. The van der Waals surface area contributed by atoms with Crippen molar-refractivity contribution in [3.8, 4) is 11.5 Å². The number of hydrogen-bond acceptors (Lipinski definition) is 7. The number of nitrogens with one attached hydrogen (secondary N) is 1. The minimum absolute atomic E-state index is 0.128. The number of nitrogens with zero attached hydrogens (tertiary/aromatic N) is 2. The van der Waals surface area contributed by atoms with Crippen LogP contribution in [0.5, 0.6) is 11.5 Å². The van der Waals surface area contributed by atoms with Gasteiger partial charge in [0.15, 0.2) is 11.5 Å². The number of halogens is 1. The highest BCUT2D eigenvalue weighted by molar-refractivity contribution is 9.10. The number of carbonyl (C=O) groups is 2. The summed E-state index contributed by atoms with van der Waals surface area (Å²) in [5.41, 5.74) is 3.94. The molecule has 0 saturated heterocycles. The molecule has 0 unspecified atom stereocenters. The summed E-state index contributed by atoms with van der Waals surface area (Å²) in [5, 5.41) is 14.7. The topological polar surface area (TPSA) is 120 Å². The van der Waals surface area contributed by atoms with Crippen LogP contribution in [0.4, 0.5) is 5.69 Å². The van der Waals surface area contributed by atoms with E-state index in [4.69, 9.17) is 9.47 Å². The monoisotopic (exact) mass is 511 g/mol. The Morgan fingerprint density at radius 3 is 2.39 bits per heavy atom. The van der Waals surface area contributed by atoms with Crippen LogP contribution in [0.1, 0.15) is 21.5 Å². The molecular weight excluding hydrogens is 494 g/mol. The van der Waals surface area contributed by atoms with Gasteiger partial charge in [-0.15, -0.1) is 0 Å². The number of hydrogen-bond donors (Lipinski definition) is 1. The van der Waals surface area contributed by atoms with Crippen LogP contribution in [0.25, 0.3) is 0 Å². The van der Waals surface area contributed by atoms with Crippen molar-refractivity contribution >= 4 is 39.7 Å². The van der Waals surface area contributed by atoms with E-state index >= 15 is 0 Å². The zero-order valence-electron chi connectivity index (χ0n) is 17.4. The predicted molar refractivity (Wildman–Crippen MR) is 125 cm³/mol. The molecule has 0 spiro atoms. The number of rotatable bonds is 8. The highest BCUT2D eigenvalue weighted by Gasteiger charge is 2.14. The van der Waals surface area contributed by atoms with Gasteiger partial charge in [0.2, 0.25) is 5.91 Å². The number of methoxy groups -OCH3 is 1. The molecular formula is C23H18BrN3O6. The number of non-ortho nitro benzene ring substituents is 1. The van der Waals surface area contributed by atoms with Crippen molar-refractivity contribution in [2.75, 3.05) is 7.11 Å². The van der Waals surface area contributed by atoms with Crippen molar-refractivity contribution < 1.29 is 24.0 Å². The molecule has 3 aromatic carbocycles. The van der Waals surface area contributed by atoms with E-state index in [0.717, 1.165) is 10.0 Å². The van der Waals surface area contributed by atoms with Crippen LogP contribution in [-0.4, -0.2) is 30.1 Å². The quantitative estimate of drug-likeness (QED) is 0.158. The Balaban J connectivity index is 1.61. The highest BCUT2D eigenvalue weighted by atomic mass is 79.9.